The molecule has 0 unspecified atom stereocenters. The summed E-state index contributed by atoms with van der Waals surface area (Å²) in [6.45, 7) is 4.92. The van der Waals surface area contributed by atoms with Crippen LogP contribution in [0.1, 0.15) is 32.0 Å². The Morgan fingerprint density at radius 3 is 2.61 bits per heavy atom. The molecule has 2 aromatic heterocycles. The molecule has 3 rings (SSSR count). The molecule has 0 aliphatic carbocycles. The van der Waals surface area contributed by atoms with Crippen LogP contribution in [0, 0.1) is 0 Å². The largest absolute Gasteiger partial charge is 0.453 e. The van der Waals surface area contributed by atoms with E-state index in [1.165, 1.54) is 18.9 Å². The number of nitrogens with one attached hydrogen (secondary N) is 1. The quantitative estimate of drug-likeness (QED) is 0.913. The van der Waals surface area contributed by atoms with Gasteiger partial charge in [0.05, 0.1) is 0 Å². The Labute approximate surface area is 131 Å². The Balaban J connectivity index is 1.75. The maximum Gasteiger partial charge on any atom is 0.453 e. The first-order chi connectivity index (χ1) is 11.0. The van der Waals surface area contributed by atoms with E-state index in [1.807, 2.05) is 0 Å². The molecule has 1 saturated heterocycles. The summed E-state index contributed by atoms with van der Waals surface area (Å²) in [4.78, 5) is 2.41. The fourth-order valence-corrected chi connectivity index (χ4v) is 2.92. The summed E-state index contributed by atoms with van der Waals surface area (Å²) in [7, 11) is 0. The highest BCUT2D eigenvalue weighted by Gasteiger charge is 2.37. The van der Waals surface area contributed by atoms with E-state index in [-0.39, 0.29) is 5.65 Å². The van der Waals surface area contributed by atoms with Gasteiger partial charge in [-0.05, 0) is 44.5 Å². The highest BCUT2D eigenvalue weighted by Crippen LogP contribution is 2.27. The summed E-state index contributed by atoms with van der Waals surface area (Å²) in [5.41, 5.74) is 0.0782. The van der Waals surface area contributed by atoms with Gasteiger partial charge in [-0.15, -0.1) is 15.3 Å². The number of anilines is 1. The fraction of sp³-hybridized carbons (Fsp3) is 0.643. The maximum atomic E-state index is 12.9. The average molecular weight is 328 g/mol. The van der Waals surface area contributed by atoms with Gasteiger partial charge in [-0.2, -0.15) is 17.7 Å². The van der Waals surface area contributed by atoms with Crippen molar-refractivity contribution in [2.75, 3.05) is 25.0 Å². The molecule has 1 aliphatic heterocycles. The summed E-state index contributed by atoms with van der Waals surface area (Å²) >= 11 is 0. The van der Waals surface area contributed by atoms with Gasteiger partial charge in [0.2, 0.25) is 0 Å². The van der Waals surface area contributed by atoms with Gasteiger partial charge < -0.3 is 5.32 Å². The van der Waals surface area contributed by atoms with Crippen LogP contribution in [0.25, 0.3) is 5.65 Å². The number of rotatable bonds is 5. The second kappa shape index (κ2) is 6.31. The molecule has 1 aliphatic rings. The Morgan fingerprint density at radius 2 is 1.96 bits per heavy atom. The van der Waals surface area contributed by atoms with Gasteiger partial charge >= 0.3 is 6.18 Å². The number of hydrogen-bond acceptors (Lipinski definition) is 5. The molecule has 3 heterocycles. The second-order valence-electron chi connectivity index (χ2n) is 5.70. The van der Waals surface area contributed by atoms with E-state index < -0.39 is 12.0 Å². The number of fused-ring (bicyclic) bond motifs is 1. The lowest BCUT2D eigenvalue weighted by Crippen LogP contribution is -2.37. The van der Waals surface area contributed by atoms with E-state index in [0.717, 1.165) is 24.0 Å². The summed E-state index contributed by atoms with van der Waals surface area (Å²) in [6.07, 6.45) is -1.19. The first-order valence-electron chi connectivity index (χ1n) is 7.76. The normalized spacial score (nSPS) is 17.7. The predicted octanol–water partition coefficient (Wildman–Crippen LogP) is 2.43. The molecule has 1 atom stereocenters. The first kappa shape index (κ1) is 16.0. The third-order valence-corrected chi connectivity index (χ3v) is 4.16. The Kier molecular flexibility index (Phi) is 4.38. The molecule has 0 aromatic carbocycles. The smallest absolute Gasteiger partial charge is 0.367 e. The molecule has 23 heavy (non-hydrogen) atoms. The van der Waals surface area contributed by atoms with Crippen molar-refractivity contribution in [3.8, 4) is 0 Å². The molecule has 0 amide bonds. The Hall–Kier alpha value is -1.90. The third-order valence-electron chi connectivity index (χ3n) is 4.16. The van der Waals surface area contributed by atoms with Crippen molar-refractivity contribution >= 4 is 11.5 Å². The second-order valence-corrected chi connectivity index (χ2v) is 5.70. The lowest BCUT2D eigenvalue weighted by atomic mass is 10.2. The molecule has 1 fully saturated rings. The highest BCUT2D eigenvalue weighted by atomic mass is 19.4. The van der Waals surface area contributed by atoms with Crippen LogP contribution >= 0.6 is 0 Å². The van der Waals surface area contributed by atoms with Crippen molar-refractivity contribution in [2.24, 2.45) is 0 Å². The molecule has 1 N–H and O–H groups in total. The van der Waals surface area contributed by atoms with E-state index in [9.17, 15) is 13.2 Å². The molecule has 0 bridgehead atoms. The number of halogens is 3. The zero-order valence-corrected chi connectivity index (χ0v) is 12.8. The molecule has 6 nitrogen and oxygen atoms in total. The molecule has 9 heteroatoms. The van der Waals surface area contributed by atoms with Crippen molar-refractivity contribution < 1.29 is 13.2 Å². The number of nitrogens with zero attached hydrogens (tertiary/aromatic N) is 5. The van der Waals surface area contributed by atoms with Gasteiger partial charge in [0.15, 0.2) is 5.65 Å². The molecule has 2 aromatic rings. The van der Waals surface area contributed by atoms with E-state index in [2.05, 4.69) is 32.4 Å². The van der Waals surface area contributed by atoms with Gasteiger partial charge in [-0.3, -0.25) is 4.90 Å². The molecule has 0 radical (unpaired) electrons. The van der Waals surface area contributed by atoms with Gasteiger partial charge in [0.1, 0.15) is 5.82 Å². The summed E-state index contributed by atoms with van der Waals surface area (Å²) < 4.78 is 39.3. The molecule has 0 saturated carbocycles. The first-order valence-corrected chi connectivity index (χ1v) is 7.76. The average Bonchev–Trinajstić information content (AvgIpc) is 3.16. The van der Waals surface area contributed by atoms with Crippen LogP contribution in [-0.4, -0.2) is 50.4 Å². The maximum absolute atomic E-state index is 12.9. The van der Waals surface area contributed by atoms with Crippen LogP contribution in [0.2, 0.25) is 0 Å². The van der Waals surface area contributed by atoms with Crippen LogP contribution in [0.3, 0.4) is 0 Å². The van der Waals surface area contributed by atoms with Crippen LogP contribution in [-0.2, 0) is 6.18 Å². The van der Waals surface area contributed by atoms with Gasteiger partial charge in [-0.1, -0.05) is 6.92 Å². The third kappa shape index (κ3) is 3.39. The molecular weight excluding hydrogens is 309 g/mol. The lowest BCUT2D eigenvalue weighted by molar-refractivity contribution is -0.146. The molecule has 126 valence electrons. The van der Waals surface area contributed by atoms with Gasteiger partial charge in [0, 0.05) is 12.6 Å². The SMILES string of the molecule is CC[C@H](CNc1ccc2nnc(C(F)(F)F)n2n1)N1CCCC1. The van der Waals surface area contributed by atoms with Gasteiger partial charge in [0.25, 0.3) is 5.82 Å². The molecule has 0 spiro atoms. The minimum absolute atomic E-state index is 0.0782. The topological polar surface area (TPSA) is 58.4 Å². The van der Waals surface area contributed by atoms with Crippen molar-refractivity contribution in [2.45, 2.75) is 38.4 Å². The van der Waals surface area contributed by atoms with Crippen LogP contribution in [0.15, 0.2) is 12.1 Å². The van der Waals surface area contributed by atoms with Crippen molar-refractivity contribution in [1.29, 1.82) is 0 Å². The van der Waals surface area contributed by atoms with E-state index in [1.54, 1.807) is 6.07 Å². The Morgan fingerprint density at radius 1 is 1.22 bits per heavy atom. The van der Waals surface area contributed by atoms with Crippen LogP contribution in [0.4, 0.5) is 19.0 Å². The summed E-state index contributed by atoms with van der Waals surface area (Å²) in [5, 5.41) is 13.8. The highest BCUT2D eigenvalue weighted by molar-refractivity contribution is 5.44. The summed E-state index contributed by atoms with van der Waals surface area (Å²) in [6, 6.07) is 3.47. The number of aromatic nitrogens is 4. The van der Waals surface area contributed by atoms with Crippen LogP contribution < -0.4 is 5.32 Å². The fourth-order valence-electron chi connectivity index (χ4n) is 2.92. The number of alkyl halides is 3. The monoisotopic (exact) mass is 328 g/mol. The van der Waals surface area contributed by atoms with Crippen molar-refractivity contribution in [3.63, 3.8) is 0 Å². The van der Waals surface area contributed by atoms with Gasteiger partial charge in [-0.25, -0.2) is 0 Å². The van der Waals surface area contributed by atoms with Crippen LogP contribution in [0.5, 0.6) is 0 Å². The zero-order valence-electron chi connectivity index (χ0n) is 12.8. The van der Waals surface area contributed by atoms with E-state index in [0.29, 0.717) is 18.4 Å². The minimum Gasteiger partial charge on any atom is -0.367 e. The number of hydrogen-bond donors (Lipinski definition) is 1. The van der Waals surface area contributed by atoms with E-state index >= 15 is 0 Å². The Bertz CT molecular complexity index is 662. The lowest BCUT2D eigenvalue weighted by Gasteiger charge is -2.26. The molecular formula is C14H19F3N6. The van der Waals surface area contributed by atoms with Crippen molar-refractivity contribution in [1.82, 2.24) is 24.7 Å². The standard InChI is InChI=1S/C14H19F3N6/c1-2-10(22-7-3-4-8-22)9-18-11-5-6-12-19-20-13(14(15,16)17)23(12)21-11/h5-6,10H,2-4,7-9H2,1H3,(H,18,21)/t10-/m1/s1. The van der Waals surface area contributed by atoms with Crippen molar-refractivity contribution in [3.05, 3.63) is 18.0 Å². The minimum atomic E-state index is -4.58. The number of likely N-dealkylation sites (tertiary alicyclic amines) is 1. The summed E-state index contributed by atoms with van der Waals surface area (Å²) in [5.74, 6) is -0.719. The predicted molar refractivity (Wildman–Crippen MR) is 79.2 cm³/mol. The van der Waals surface area contributed by atoms with E-state index in [4.69, 9.17) is 0 Å². The zero-order chi connectivity index (χ0) is 16.4.